The highest BCUT2D eigenvalue weighted by molar-refractivity contribution is 6.36. The molecular formula is C19H22ClF3N4O. The van der Waals surface area contributed by atoms with E-state index >= 15 is 0 Å². The van der Waals surface area contributed by atoms with Crippen molar-refractivity contribution in [2.45, 2.75) is 57.9 Å². The van der Waals surface area contributed by atoms with Crippen LogP contribution in [0.1, 0.15) is 60.4 Å². The van der Waals surface area contributed by atoms with E-state index in [9.17, 15) is 18.0 Å². The summed E-state index contributed by atoms with van der Waals surface area (Å²) in [4.78, 5) is 12.4. The number of aryl methyl sites for hydroxylation is 1. The molecule has 0 bridgehead atoms. The molecule has 2 N–H and O–H groups in total. The maximum atomic E-state index is 13.7. The fourth-order valence-electron chi connectivity index (χ4n) is 3.15. The number of benzene rings is 1. The number of carbonyl (C=O) groups excluding carboxylic acids is 1. The van der Waals surface area contributed by atoms with E-state index in [-0.39, 0.29) is 29.0 Å². The summed E-state index contributed by atoms with van der Waals surface area (Å²) in [6.07, 6.45) is -4.10. The molecule has 28 heavy (non-hydrogen) atoms. The maximum Gasteiger partial charge on any atom is 0.410 e. The molecule has 3 rings (SSSR count). The van der Waals surface area contributed by atoms with Crippen LogP contribution in [0, 0.1) is 6.92 Å². The van der Waals surface area contributed by atoms with Gasteiger partial charge in [0.1, 0.15) is 10.8 Å². The molecule has 0 unspecified atom stereocenters. The molecule has 2 aromatic rings. The fourth-order valence-corrected chi connectivity index (χ4v) is 3.41. The monoisotopic (exact) mass is 414 g/mol. The first-order chi connectivity index (χ1) is 13.1. The van der Waals surface area contributed by atoms with Crippen molar-refractivity contribution >= 4 is 23.3 Å². The highest BCUT2D eigenvalue weighted by Crippen LogP contribution is 2.46. The third-order valence-electron chi connectivity index (χ3n) is 4.98. The van der Waals surface area contributed by atoms with Gasteiger partial charge in [-0.15, -0.1) is 0 Å². The predicted molar refractivity (Wildman–Crippen MR) is 102 cm³/mol. The van der Waals surface area contributed by atoms with Crippen molar-refractivity contribution in [3.05, 3.63) is 46.1 Å². The molecule has 152 valence electrons. The molecule has 0 saturated heterocycles. The standard InChI is InChI=1S/C19H22ClF3N4O/c1-4-11(3)24-18(28)16-15(20)17-25-13(12-7-5-10(2)6-8-12)9-14(19(21,22)23)27(17)26-16/h5-8,11,13-14,25H,4,9H2,1-3H3,(H,24,28)/t11-,13-,14+/m1/s1. The SMILES string of the molecule is CC[C@@H](C)NC(=O)c1nn2c(c1Cl)N[C@@H](c1ccc(C)cc1)C[C@H]2C(F)(F)F. The lowest BCUT2D eigenvalue weighted by Gasteiger charge is -2.33. The molecule has 9 heteroatoms. The summed E-state index contributed by atoms with van der Waals surface area (Å²) >= 11 is 6.28. The van der Waals surface area contributed by atoms with Gasteiger partial charge in [0.25, 0.3) is 5.91 Å². The average Bonchev–Trinajstić information content (AvgIpc) is 2.97. The highest BCUT2D eigenvalue weighted by atomic mass is 35.5. The summed E-state index contributed by atoms with van der Waals surface area (Å²) in [5.41, 5.74) is 1.52. The van der Waals surface area contributed by atoms with Gasteiger partial charge in [-0.3, -0.25) is 4.79 Å². The van der Waals surface area contributed by atoms with Crippen LogP contribution in [0.5, 0.6) is 0 Å². The summed E-state index contributed by atoms with van der Waals surface area (Å²) in [7, 11) is 0. The highest BCUT2D eigenvalue weighted by Gasteiger charge is 2.47. The number of rotatable bonds is 4. The summed E-state index contributed by atoms with van der Waals surface area (Å²) < 4.78 is 42.0. The van der Waals surface area contributed by atoms with Crippen LogP contribution in [0.15, 0.2) is 24.3 Å². The summed E-state index contributed by atoms with van der Waals surface area (Å²) in [6.45, 7) is 5.59. The first-order valence-corrected chi connectivity index (χ1v) is 9.48. The Labute approximate surface area is 166 Å². The van der Waals surface area contributed by atoms with E-state index in [1.807, 2.05) is 26.0 Å². The topological polar surface area (TPSA) is 59.0 Å². The Hall–Kier alpha value is -2.22. The molecule has 0 fully saturated rings. The van der Waals surface area contributed by atoms with E-state index in [4.69, 9.17) is 11.6 Å². The number of nitrogens with one attached hydrogen (secondary N) is 2. The van der Waals surface area contributed by atoms with Crippen molar-refractivity contribution in [2.24, 2.45) is 0 Å². The molecule has 5 nitrogen and oxygen atoms in total. The predicted octanol–water partition coefficient (Wildman–Crippen LogP) is 5.03. The van der Waals surface area contributed by atoms with Crippen molar-refractivity contribution in [1.29, 1.82) is 0 Å². The Kier molecular flexibility index (Phi) is 5.61. The Morgan fingerprint density at radius 1 is 1.39 bits per heavy atom. The first-order valence-electron chi connectivity index (χ1n) is 9.10. The molecular weight excluding hydrogens is 393 g/mol. The minimum Gasteiger partial charge on any atom is -0.362 e. The number of alkyl halides is 3. The molecule has 2 heterocycles. The van der Waals surface area contributed by atoms with Gasteiger partial charge in [-0.1, -0.05) is 48.4 Å². The number of anilines is 1. The van der Waals surface area contributed by atoms with Crippen LogP contribution in [-0.2, 0) is 0 Å². The number of fused-ring (bicyclic) bond motifs is 1. The van der Waals surface area contributed by atoms with Crippen LogP contribution in [0.25, 0.3) is 0 Å². The zero-order valence-electron chi connectivity index (χ0n) is 15.8. The molecule has 1 aliphatic rings. The molecule has 0 saturated carbocycles. The molecule has 0 radical (unpaired) electrons. The zero-order valence-corrected chi connectivity index (χ0v) is 16.5. The quantitative estimate of drug-likeness (QED) is 0.737. The number of hydrogen-bond donors (Lipinski definition) is 2. The van der Waals surface area contributed by atoms with Crippen molar-refractivity contribution < 1.29 is 18.0 Å². The first kappa shape index (κ1) is 20.5. The third kappa shape index (κ3) is 3.97. The number of hydrogen-bond acceptors (Lipinski definition) is 3. The molecule has 1 aromatic carbocycles. The van der Waals surface area contributed by atoms with Gasteiger partial charge in [0.15, 0.2) is 11.7 Å². The summed E-state index contributed by atoms with van der Waals surface area (Å²) in [5.74, 6) is -0.578. The van der Waals surface area contributed by atoms with Crippen LogP contribution in [0.4, 0.5) is 19.0 Å². The Bertz CT molecular complexity index is 863. The average molecular weight is 415 g/mol. The van der Waals surface area contributed by atoms with Crippen LogP contribution in [0.3, 0.4) is 0 Å². The second kappa shape index (κ2) is 7.66. The zero-order chi connectivity index (χ0) is 20.6. The third-order valence-corrected chi connectivity index (χ3v) is 5.34. The van der Waals surface area contributed by atoms with Crippen molar-refractivity contribution in [2.75, 3.05) is 5.32 Å². The minimum atomic E-state index is -4.53. The molecule has 1 amide bonds. The number of halogens is 4. The van der Waals surface area contributed by atoms with E-state index in [0.717, 1.165) is 10.2 Å². The van der Waals surface area contributed by atoms with Crippen LogP contribution in [0.2, 0.25) is 5.02 Å². The Morgan fingerprint density at radius 3 is 2.61 bits per heavy atom. The summed E-state index contributed by atoms with van der Waals surface area (Å²) in [6, 6.07) is 4.65. The molecule has 1 aliphatic heterocycles. The maximum absolute atomic E-state index is 13.7. The second-order valence-corrected chi connectivity index (χ2v) is 7.52. The second-order valence-electron chi connectivity index (χ2n) is 7.14. The number of carbonyl (C=O) groups is 1. The van der Waals surface area contributed by atoms with Gasteiger partial charge in [0.2, 0.25) is 0 Å². The lowest BCUT2D eigenvalue weighted by Crippen LogP contribution is -2.36. The van der Waals surface area contributed by atoms with Crippen LogP contribution >= 0.6 is 11.6 Å². The van der Waals surface area contributed by atoms with Gasteiger partial charge in [-0.25, -0.2) is 4.68 Å². The van der Waals surface area contributed by atoms with Gasteiger partial charge in [0.05, 0.1) is 6.04 Å². The van der Waals surface area contributed by atoms with E-state index < -0.39 is 24.2 Å². The fraction of sp³-hybridized carbons (Fsp3) is 0.474. The van der Waals surface area contributed by atoms with Crippen molar-refractivity contribution in [3.8, 4) is 0 Å². The lowest BCUT2D eigenvalue weighted by molar-refractivity contribution is -0.173. The molecule has 3 atom stereocenters. The molecule has 0 spiro atoms. The normalized spacial score (nSPS) is 20.2. The van der Waals surface area contributed by atoms with Gasteiger partial charge in [-0.05, 0) is 25.8 Å². The van der Waals surface area contributed by atoms with Gasteiger partial charge in [0, 0.05) is 12.5 Å². The van der Waals surface area contributed by atoms with Crippen molar-refractivity contribution in [3.63, 3.8) is 0 Å². The van der Waals surface area contributed by atoms with Gasteiger partial charge < -0.3 is 10.6 Å². The van der Waals surface area contributed by atoms with E-state index in [0.29, 0.717) is 12.0 Å². The Balaban J connectivity index is 2.00. The van der Waals surface area contributed by atoms with Gasteiger partial charge in [-0.2, -0.15) is 18.3 Å². The van der Waals surface area contributed by atoms with E-state index in [2.05, 4.69) is 15.7 Å². The molecule has 0 aliphatic carbocycles. The van der Waals surface area contributed by atoms with E-state index in [1.54, 1.807) is 19.1 Å². The number of amides is 1. The largest absolute Gasteiger partial charge is 0.410 e. The van der Waals surface area contributed by atoms with Crippen LogP contribution in [-0.4, -0.2) is 27.9 Å². The molecule has 1 aromatic heterocycles. The number of nitrogens with zero attached hydrogens (tertiary/aromatic N) is 2. The van der Waals surface area contributed by atoms with Crippen LogP contribution < -0.4 is 10.6 Å². The minimum absolute atomic E-state index is 0.00937. The van der Waals surface area contributed by atoms with E-state index in [1.165, 1.54) is 0 Å². The number of aromatic nitrogens is 2. The smallest absolute Gasteiger partial charge is 0.362 e. The Morgan fingerprint density at radius 2 is 2.04 bits per heavy atom. The van der Waals surface area contributed by atoms with Gasteiger partial charge >= 0.3 is 6.18 Å². The van der Waals surface area contributed by atoms with Crippen molar-refractivity contribution in [1.82, 2.24) is 15.1 Å². The lowest BCUT2D eigenvalue weighted by atomic mass is 9.96. The summed E-state index contributed by atoms with van der Waals surface area (Å²) in [5, 5.41) is 9.54.